The number of nitrogen functional groups attached to an aromatic ring is 1. The van der Waals surface area contributed by atoms with Gasteiger partial charge in [-0.15, -0.1) is 0 Å². The largest absolute Gasteiger partial charge is 0.369 e. The molecular weight excluding hydrogens is 260 g/mol. The molecule has 3 aromatic rings. The number of anilines is 1. The summed E-state index contributed by atoms with van der Waals surface area (Å²) in [6.45, 7) is 2.12. The molecule has 0 atom stereocenters. The molecule has 19 heavy (non-hydrogen) atoms. The van der Waals surface area contributed by atoms with E-state index in [1.165, 1.54) is 5.56 Å². The van der Waals surface area contributed by atoms with Crippen molar-refractivity contribution >= 4 is 28.7 Å². The quantitative estimate of drug-likeness (QED) is 0.779. The van der Waals surface area contributed by atoms with E-state index in [1.54, 1.807) is 12.3 Å². The fraction of sp³-hybridized carbons (Fsp3) is 0.143. The van der Waals surface area contributed by atoms with Crippen LogP contribution in [0.4, 0.5) is 5.95 Å². The number of pyridine rings is 1. The van der Waals surface area contributed by atoms with Crippen molar-refractivity contribution in [2.75, 3.05) is 5.73 Å². The molecule has 0 saturated carbocycles. The molecule has 0 spiro atoms. The first-order valence-corrected chi connectivity index (χ1v) is 6.45. The van der Waals surface area contributed by atoms with Crippen LogP contribution in [0.3, 0.4) is 0 Å². The van der Waals surface area contributed by atoms with Crippen LogP contribution in [-0.2, 0) is 6.42 Å². The van der Waals surface area contributed by atoms with Crippen molar-refractivity contribution < 1.29 is 0 Å². The number of nitrogens with zero attached hydrogens (tertiary/aromatic N) is 3. The van der Waals surface area contributed by atoms with Gasteiger partial charge in [0.1, 0.15) is 5.52 Å². The van der Waals surface area contributed by atoms with Crippen molar-refractivity contribution in [1.82, 2.24) is 14.5 Å². The summed E-state index contributed by atoms with van der Waals surface area (Å²) in [7, 11) is 0. The number of rotatable bonds is 2. The summed E-state index contributed by atoms with van der Waals surface area (Å²) >= 11 is 5.91. The molecule has 2 aromatic heterocycles. The summed E-state index contributed by atoms with van der Waals surface area (Å²) in [5.41, 5.74) is 9.62. The number of benzene rings is 1. The first-order valence-electron chi connectivity index (χ1n) is 6.08. The number of aryl methyl sites for hydroxylation is 1. The Morgan fingerprint density at radius 3 is 2.68 bits per heavy atom. The summed E-state index contributed by atoms with van der Waals surface area (Å²) in [5.74, 6) is 0.411. The number of hydrogen-bond donors (Lipinski definition) is 1. The number of fused-ring (bicyclic) bond motifs is 1. The molecule has 0 radical (unpaired) electrons. The standard InChI is InChI=1S/C14H13ClN4/c1-2-9-3-5-11(6-4-9)19-13-12(18-14(19)16)7-10(15)8-17-13/h3-8H,2H2,1H3,(H2,16,18). The average molecular weight is 273 g/mol. The van der Waals surface area contributed by atoms with Crippen molar-refractivity contribution in [2.45, 2.75) is 13.3 Å². The van der Waals surface area contributed by atoms with Crippen LogP contribution < -0.4 is 5.73 Å². The van der Waals surface area contributed by atoms with E-state index in [-0.39, 0.29) is 0 Å². The van der Waals surface area contributed by atoms with Crippen LogP contribution >= 0.6 is 11.6 Å². The minimum atomic E-state index is 0.411. The Kier molecular flexibility index (Phi) is 2.87. The van der Waals surface area contributed by atoms with E-state index in [4.69, 9.17) is 17.3 Å². The number of nitrogens with two attached hydrogens (primary N) is 1. The molecule has 96 valence electrons. The minimum absolute atomic E-state index is 0.411. The van der Waals surface area contributed by atoms with Gasteiger partial charge in [-0.25, -0.2) is 9.97 Å². The second-order valence-electron chi connectivity index (χ2n) is 4.32. The first kappa shape index (κ1) is 12.0. The van der Waals surface area contributed by atoms with Crippen molar-refractivity contribution in [3.8, 4) is 5.69 Å². The Balaban J connectivity index is 2.20. The van der Waals surface area contributed by atoms with Crippen LogP contribution in [0, 0.1) is 0 Å². The minimum Gasteiger partial charge on any atom is -0.369 e. The normalized spacial score (nSPS) is 11.1. The van der Waals surface area contributed by atoms with Gasteiger partial charge >= 0.3 is 0 Å². The monoisotopic (exact) mass is 272 g/mol. The van der Waals surface area contributed by atoms with Gasteiger partial charge in [0.25, 0.3) is 0 Å². The molecule has 0 saturated heterocycles. The Morgan fingerprint density at radius 2 is 2.00 bits per heavy atom. The van der Waals surface area contributed by atoms with Gasteiger partial charge in [0, 0.05) is 6.20 Å². The Morgan fingerprint density at radius 1 is 1.26 bits per heavy atom. The second kappa shape index (κ2) is 4.55. The predicted octanol–water partition coefficient (Wildman–Crippen LogP) is 3.22. The third-order valence-corrected chi connectivity index (χ3v) is 3.30. The second-order valence-corrected chi connectivity index (χ2v) is 4.76. The van der Waals surface area contributed by atoms with E-state index < -0.39 is 0 Å². The van der Waals surface area contributed by atoms with E-state index in [1.807, 2.05) is 16.7 Å². The van der Waals surface area contributed by atoms with Crippen LogP contribution in [0.25, 0.3) is 16.9 Å². The SMILES string of the molecule is CCc1ccc(-n2c(N)nc3cc(Cl)cnc32)cc1. The molecule has 3 rings (SSSR count). The van der Waals surface area contributed by atoms with Gasteiger partial charge in [0.2, 0.25) is 5.95 Å². The lowest BCUT2D eigenvalue weighted by Gasteiger charge is -2.06. The highest BCUT2D eigenvalue weighted by atomic mass is 35.5. The highest BCUT2D eigenvalue weighted by Gasteiger charge is 2.11. The van der Waals surface area contributed by atoms with Gasteiger partial charge in [-0.1, -0.05) is 30.7 Å². The van der Waals surface area contributed by atoms with Crippen molar-refractivity contribution in [2.24, 2.45) is 0 Å². The molecule has 0 amide bonds. The van der Waals surface area contributed by atoms with Crippen LogP contribution in [0.2, 0.25) is 5.02 Å². The lowest BCUT2D eigenvalue weighted by molar-refractivity contribution is 1.07. The van der Waals surface area contributed by atoms with Crippen LogP contribution in [0.15, 0.2) is 36.5 Å². The van der Waals surface area contributed by atoms with E-state index >= 15 is 0 Å². The molecular formula is C14H13ClN4. The summed E-state index contributed by atoms with van der Waals surface area (Å²) in [6.07, 6.45) is 2.61. The van der Waals surface area contributed by atoms with Crippen molar-refractivity contribution in [3.63, 3.8) is 0 Å². The molecule has 4 nitrogen and oxygen atoms in total. The molecule has 5 heteroatoms. The molecule has 2 heterocycles. The Labute approximate surface area is 115 Å². The van der Waals surface area contributed by atoms with E-state index in [0.717, 1.165) is 12.1 Å². The lowest BCUT2D eigenvalue weighted by Crippen LogP contribution is -2.01. The van der Waals surface area contributed by atoms with Gasteiger partial charge < -0.3 is 5.73 Å². The maximum Gasteiger partial charge on any atom is 0.207 e. The fourth-order valence-electron chi connectivity index (χ4n) is 2.09. The summed E-state index contributed by atoms with van der Waals surface area (Å²) < 4.78 is 1.82. The summed E-state index contributed by atoms with van der Waals surface area (Å²) in [6, 6.07) is 9.96. The van der Waals surface area contributed by atoms with Crippen LogP contribution in [0.1, 0.15) is 12.5 Å². The average Bonchev–Trinajstić information content (AvgIpc) is 2.74. The third kappa shape index (κ3) is 2.04. The summed E-state index contributed by atoms with van der Waals surface area (Å²) in [4.78, 5) is 8.60. The molecule has 0 aliphatic heterocycles. The number of halogens is 1. The topological polar surface area (TPSA) is 56.7 Å². The first-order chi connectivity index (χ1) is 9.19. The maximum atomic E-state index is 5.97. The zero-order chi connectivity index (χ0) is 13.4. The van der Waals surface area contributed by atoms with Gasteiger partial charge in [0.15, 0.2) is 5.65 Å². The molecule has 0 unspecified atom stereocenters. The van der Waals surface area contributed by atoms with Crippen molar-refractivity contribution in [1.29, 1.82) is 0 Å². The smallest absolute Gasteiger partial charge is 0.207 e. The van der Waals surface area contributed by atoms with Gasteiger partial charge in [-0.3, -0.25) is 4.57 Å². The van der Waals surface area contributed by atoms with E-state index in [0.29, 0.717) is 22.1 Å². The van der Waals surface area contributed by atoms with Gasteiger partial charge in [-0.2, -0.15) is 0 Å². The zero-order valence-corrected chi connectivity index (χ0v) is 11.2. The Hall–Kier alpha value is -2.07. The number of imidazole rings is 1. The number of aromatic nitrogens is 3. The van der Waals surface area contributed by atoms with Crippen LogP contribution in [-0.4, -0.2) is 14.5 Å². The highest BCUT2D eigenvalue weighted by molar-refractivity contribution is 6.31. The van der Waals surface area contributed by atoms with Crippen molar-refractivity contribution in [3.05, 3.63) is 47.1 Å². The fourth-order valence-corrected chi connectivity index (χ4v) is 2.25. The Bertz CT molecular complexity index is 731. The molecule has 0 aliphatic rings. The van der Waals surface area contributed by atoms with E-state index in [9.17, 15) is 0 Å². The zero-order valence-electron chi connectivity index (χ0n) is 10.5. The third-order valence-electron chi connectivity index (χ3n) is 3.09. The molecule has 0 aliphatic carbocycles. The lowest BCUT2D eigenvalue weighted by atomic mass is 10.1. The van der Waals surface area contributed by atoms with Crippen LogP contribution in [0.5, 0.6) is 0 Å². The van der Waals surface area contributed by atoms with E-state index in [2.05, 4.69) is 29.0 Å². The van der Waals surface area contributed by atoms with Gasteiger partial charge in [0.05, 0.1) is 10.7 Å². The number of hydrogen-bond acceptors (Lipinski definition) is 3. The molecule has 0 fully saturated rings. The predicted molar refractivity (Wildman–Crippen MR) is 77.7 cm³/mol. The summed E-state index contributed by atoms with van der Waals surface area (Å²) in [5, 5.41) is 0.554. The van der Waals surface area contributed by atoms with Gasteiger partial charge in [-0.05, 0) is 30.2 Å². The maximum absolute atomic E-state index is 5.97. The highest BCUT2D eigenvalue weighted by Crippen LogP contribution is 2.23. The molecule has 1 aromatic carbocycles. The molecule has 0 bridgehead atoms. The molecule has 2 N–H and O–H groups in total.